The summed E-state index contributed by atoms with van der Waals surface area (Å²) in [6.45, 7) is 0. The van der Waals surface area contributed by atoms with Gasteiger partial charge >= 0.3 is 5.97 Å². The van der Waals surface area contributed by atoms with Crippen LogP contribution in [-0.2, 0) is 25.5 Å². The van der Waals surface area contributed by atoms with E-state index in [1.165, 1.54) is 25.3 Å². The fraction of sp³-hybridized carbons (Fsp3) is 0.400. The molecule has 1 saturated heterocycles. The van der Waals surface area contributed by atoms with Crippen LogP contribution in [0.4, 0.5) is 4.39 Å². The van der Waals surface area contributed by atoms with Crippen molar-refractivity contribution in [1.82, 2.24) is 10.6 Å². The molecule has 22 heavy (non-hydrogen) atoms. The lowest BCUT2D eigenvalue weighted by atomic mass is 10.1. The van der Waals surface area contributed by atoms with Crippen LogP contribution in [0.3, 0.4) is 0 Å². The molecule has 1 aliphatic rings. The number of hydrogen-bond donors (Lipinski definition) is 2. The maximum absolute atomic E-state index is 13.2. The van der Waals surface area contributed by atoms with Crippen LogP contribution in [0.25, 0.3) is 0 Å². The number of carbonyl (C=O) groups excluding carboxylic acids is 3. The first-order valence-corrected chi connectivity index (χ1v) is 6.91. The van der Waals surface area contributed by atoms with Crippen molar-refractivity contribution in [3.8, 4) is 0 Å². The molecule has 2 rings (SSSR count). The molecule has 118 valence electrons. The lowest BCUT2D eigenvalue weighted by Crippen LogP contribution is -2.50. The third kappa shape index (κ3) is 4.03. The first-order valence-electron chi connectivity index (χ1n) is 6.91. The number of esters is 1. The maximum Gasteiger partial charge on any atom is 0.328 e. The summed E-state index contributed by atoms with van der Waals surface area (Å²) in [5, 5.41) is 5.07. The summed E-state index contributed by atoms with van der Waals surface area (Å²) in [6.07, 6.45) is 0.778. The van der Waals surface area contributed by atoms with Gasteiger partial charge in [-0.25, -0.2) is 9.18 Å². The third-order valence-electron chi connectivity index (χ3n) is 3.44. The summed E-state index contributed by atoms with van der Waals surface area (Å²) in [7, 11) is 1.21. The minimum Gasteiger partial charge on any atom is -0.467 e. The van der Waals surface area contributed by atoms with Gasteiger partial charge in [-0.1, -0.05) is 12.1 Å². The third-order valence-corrected chi connectivity index (χ3v) is 3.44. The molecule has 6 nitrogen and oxygen atoms in total. The van der Waals surface area contributed by atoms with Crippen LogP contribution in [0.1, 0.15) is 18.4 Å². The van der Waals surface area contributed by atoms with E-state index in [0.29, 0.717) is 12.0 Å². The standard InChI is InChI=1S/C15H17FN2O4/c1-22-15(21)12(8-9-3-2-4-10(16)7-9)18-14(20)11-5-6-13(19)17-11/h2-4,7,11-12H,5-6,8H2,1H3,(H,17,19)(H,18,20)/t11-,12-/m1/s1. The number of rotatable bonds is 5. The van der Waals surface area contributed by atoms with E-state index in [0.717, 1.165) is 0 Å². The van der Waals surface area contributed by atoms with Crippen molar-refractivity contribution < 1.29 is 23.5 Å². The lowest BCUT2D eigenvalue weighted by Gasteiger charge is -2.19. The highest BCUT2D eigenvalue weighted by Crippen LogP contribution is 2.10. The Hall–Kier alpha value is -2.44. The van der Waals surface area contributed by atoms with Gasteiger partial charge in [0.15, 0.2) is 0 Å². The number of hydrogen-bond acceptors (Lipinski definition) is 4. The highest BCUT2D eigenvalue weighted by atomic mass is 19.1. The van der Waals surface area contributed by atoms with Crippen molar-refractivity contribution in [2.75, 3.05) is 7.11 Å². The predicted octanol–water partition coefficient (Wildman–Crippen LogP) is 0.305. The molecule has 0 radical (unpaired) electrons. The van der Waals surface area contributed by atoms with E-state index >= 15 is 0 Å². The van der Waals surface area contributed by atoms with E-state index in [1.54, 1.807) is 6.07 Å². The van der Waals surface area contributed by atoms with Crippen LogP contribution >= 0.6 is 0 Å². The number of methoxy groups -OCH3 is 1. The Morgan fingerprint density at radius 2 is 2.27 bits per heavy atom. The molecule has 0 unspecified atom stereocenters. The molecule has 0 spiro atoms. The molecule has 1 aromatic rings. The average molecular weight is 308 g/mol. The van der Waals surface area contributed by atoms with E-state index in [1.807, 2.05) is 0 Å². The van der Waals surface area contributed by atoms with Crippen LogP contribution in [0.15, 0.2) is 24.3 Å². The number of carbonyl (C=O) groups is 3. The summed E-state index contributed by atoms with van der Waals surface area (Å²) in [5.41, 5.74) is 0.561. The summed E-state index contributed by atoms with van der Waals surface area (Å²) in [4.78, 5) is 35.0. The van der Waals surface area contributed by atoms with Gasteiger partial charge in [-0.3, -0.25) is 9.59 Å². The van der Waals surface area contributed by atoms with Gasteiger partial charge in [-0.2, -0.15) is 0 Å². The number of amides is 2. The van der Waals surface area contributed by atoms with Crippen LogP contribution < -0.4 is 10.6 Å². The second-order valence-electron chi connectivity index (χ2n) is 5.08. The Morgan fingerprint density at radius 3 is 2.86 bits per heavy atom. The van der Waals surface area contributed by atoms with Gasteiger partial charge in [0.2, 0.25) is 11.8 Å². The zero-order valence-corrected chi connectivity index (χ0v) is 12.1. The molecular formula is C15H17FN2O4. The van der Waals surface area contributed by atoms with Gasteiger partial charge in [-0.15, -0.1) is 0 Å². The minimum absolute atomic E-state index is 0.108. The Kier molecular flexibility index (Phi) is 5.08. The molecule has 1 aromatic carbocycles. The molecule has 0 bridgehead atoms. The van der Waals surface area contributed by atoms with Crippen LogP contribution in [-0.4, -0.2) is 37.0 Å². The van der Waals surface area contributed by atoms with Gasteiger partial charge in [0.05, 0.1) is 7.11 Å². The monoisotopic (exact) mass is 308 g/mol. The second-order valence-corrected chi connectivity index (χ2v) is 5.08. The zero-order chi connectivity index (χ0) is 16.1. The molecule has 2 amide bonds. The first-order chi connectivity index (χ1) is 10.5. The molecule has 0 saturated carbocycles. The molecule has 1 fully saturated rings. The van der Waals surface area contributed by atoms with Gasteiger partial charge in [-0.05, 0) is 24.1 Å². The first kappa shape index (κ1) is 15.9. The van der Waals surface area contributed by atoms with E-state index in [4.69, 9.17) is 0 Å². The summed E-state index contributed by atoms with van der Waals surface area (Å²) in [5.74, 6) is -1.69. The number of ether oxygens (including phenoxy) is 1. The van der Waals surface area contributed by atoms with Crippen LogP contribution in [0.5, 0.6) is 0 Å². The van der Waals surface area contributed by atoms with Crippen molar-refractivity contribution >= 4 is 17.8 Å². The fourth-order valence-electron chi connectivity index (χ4n) is 2.32. The molecule has 7 heteroatoms. The Balaban J connectivity index is 2.04. The SMILES string of the molecule is COC(=O)[C@@H](Cc1cccc(F)c1)NC(=O)[C@H]1CCC(=O)N1. The largest absolute Gasteiger partial charge is 0.467 e. The van der Waals surface area contributed by atoms with E-state index in [-0.39, 0.29) is 18.7 Å². The molecule has 1 aliphatic heterocycles. The van der Waals surface area contributed by atoms with Crippen molar-refractivity contribution in [2.24, 2.45) is 0 Å². The van der Waals surface area contributed by atoms with Gasteiger partial charge < -0.3 is 15.4 Å². The van der Waals surface area contributed by atoms with Crippen molar-refractivity contribution in [1.29, 1.82) is 0 Å². The number of benzene rings is 1. The summed E-state index contributed by atoms with van der Waals surface area (Å²) in [6, 6.07) is 4.19. The number of halogens is 1. The Morgan fingerprint density at radius 1 is 1.50 bits per heavy atom. The van der Waals surface area contributed by atoms with E-state index in [2.05, 4.69) is 15.4 Å². The molecular weight excluding hydrogens is 291 g/mol. The van der Waals surface area contributed by atoms with Gasteiger partial charge in [0.25, 0.3) is 0 Å². The van der Waals surface area contributed by atoms with Gasteiger partial charge in [0.1, 0.15) is 17.9 Å². The fourth-order valence-corrected chi connectivity index (χ4v) is 2.32. The Bertz CT molecular complexity index is 591. The molecule has 2 atom stereocenters. The molecule has 0 aromatic heterocycles. The van der Waals surface area contributed by atoms with Crippen molar-refractivity contribution in [2.45, 2.75) is 31.3 Å². The van der Waals surface area contributed by atoms with E-state index in [9.17, 15) is 18.8 Å². The lowest BCUT2D eigenvalue weighted by molar-refractivity contribution is -0.145. The molecule has 0 aliphatic carbocycles. The molecule has 1 heterocycles. The normalized spacial score (nSPS) is 18.5. The van der Waals surface area contributed by atoms with Crippen molar-refractivity contribution in [3.63, 3.8) is 0 Å². The topological polar surface area (TPSA) is 84.5 Å². The van der Waals surface area contributed by atoms with Crippen molar-refractivity contribution in [3.05, 3.63) is 35.6 Å². The zero-order valence-electron chi connectivity index (χ0n) is 12.1. The summed E-state index contributed by atoms with van der Waals surface area (Å²) < 4.78 is 17.9. The van der Waals surface area contributed by atoms with Crippen LogP contribution in [0.2, 0.25) is 0 Å². The minimum atomic E-state index is -0.934. The predicted molar refractivity (Wildman–Crippen MR) is 75.2 cm³/mol. The highest BCUT2D eigenvalue weighted by Gasteiger charge is 2.30. The second kappa shape index (κ2) is 7.02. The summed E-state index contributed by atoms with van der Waals surface area (Å²) >= 11 is 0. The smallest absolute Gasteiger partial charge is 0.328 e. The maximum atomic E-state index is 13.2. The Labute approximate surface area is 127 Å². The average Bonchev–Trinajstić information content (AvgIpc) is 2.92. The molecule has 2 N–H and O–H groups in total. The number of nitrogens with one attached hydrogen (secondary N) is 2. The van der Waals surface area contributed by atoms with E-state index < -0.39 is 29.8 Å². The highest BCUT2D eigenvalue weighted by molar-refractivity contribution is 5.93. The quantitative estimate of drug-likeness (QED) is 0.767. The van der Waals surface area contributed by atoms with Gasteiger partial charge in [0, 0.05) is 12.8 Å². The van der Waals surface area contributed by atoms with Crippen LogP contribution in [0, 0.1) is 5.82 Å².